The quantitative estimate of drug-likeness (QED) is 0.366. The number of hydrogen-bond donors (Lipinski definition) is 0. The van der Waals surface area contributed by atoms with Crippen molar-refractivity contribution in [2.45, 2.75) is 39.0 Å². The number of aromatic nitrogens is 3. The van der Waals surface area contributed by atoms with E-state index in [1.165, 1.54) is 36.2 Å². The third-order valence-electron chi connectivity index (χ3n) is 5.52. The topological polar surface area (TPSA) is 43.2 Å². The Labute approximate surface area is 184 Å². The third kappa shape index (κ3) is 5.52. The first-order valence-electron chi connectivity index (χ1n) is 10.8. The lowest BCUT2D eigenvalue weighted by atomic mass is 10.1. The molecule has 0 amide bonds. The fourth-order valence-corrected chi connectivity index (χ4v) is 5.40. The number of fused-ring (bicyclic) bond motifs is 1. The van der Waals surface area contributed by atoms with Crippen LogP contribution in [0.25, 0.3) is 22.3 Å². The van der Waals surface area contributed by atoms with Gasteiger partial charge < -0.3 is 9.30 Å². The molecule has 1 aromatic carbocycles. The summed E-state index contributed by atoms with van der Waals surface area (Å²) in [5.41, 5.74) is 4.42. The molecule has 160 valence electrons. The van der Waals surface area contributed by atoms with Gasteiger partial charge in [-0.15, -0.1) is 0 Å². The summed E-state index contributed by atoms with van der Waals surface area (Å²) in [5.74, 6) is 2.49. The molecule has 4 rings (SSSR count). The summed E-state index contributed by atoms with van der Waals surface area (Å²) >= 11 is 2.05. The molecule has 2 aromatic heterocycles. The maximum atomic E-state index is 5.93. The van der Waals surface area contributed by atoms with E-state index in [0.717, 1.165) is 35.4 Å². The van der Waals surface area contributed by atoms with Gasteiger partial charge in [-0.2, -0.15) is 11.8 Å². The van der Waals surface area contributed by atoms with E-state index in [2.05, 4.69) is 87.4 Å². The van der Waals surface area contributed by atoms with Gasteiger partial charge in [-0.05, 0) is 17.7 Å². The average Bonchev–Trinajstić information content (AvgIpc) is 3.15. The Hall–Kier alpha value is -1.67. The van der Waals surface area contributed by atoms with Crippen molar-refractivity contribution in [3.05, 3.63) is 48.4 Å². The molecular weight excluding hydrogens is 408 g/mol. The van der Waals surface area contributed by atoms with E-state index in [1.807, 2.05) is 0 Å². The molecule has 1 aliphatic rings. The zero-order valence-corrected chi connectivity index (χ0v) is 20.1. The predicted octanol–water partition coefficient (Wildman–Crippen LogP) is 4.96. The molecule has 0 radical (unpaired) electrons. The molecule has 0 bridgehead atoms. The van der Waals surface area contributed by atoms with Gasteiger partial charge in [0.15, 0.2) is 0 Å². The van der Waals surface area contributed by atoms with E-state index >= 15 is 0 Å². The molecule has 0 N–H and O–H groups in total. The summed E-state index contributed by atoms with van der Waals surface area (Å²) in [6.07, 6.45) is 3.72. The molecule has 3 heterocycles. The summed E-state index contributed by atoms with van der Waals surface area (Å²) in [6.45, 7) is 11.9. The fourth-order valence-electron chi connectivity index (χ4n) is 3.66. The van der Waals surface area contributed by atoms with E-state index in [4.69, 9.17) is 4.74 Å². The predicted molar refractivity (Wildman–Crippen MR) is 130 cm³/mol. The Kier molecular flexibility index (Phi) is 6.93. The Balaban J connectivity index is 1.45. The number of ether oxygens (including phenoxy) is 1. The van der Waals surface area contributed by atoms with Gasteiger partial charge in [0.05, 0.1) is 5.69 Å². The third-order valence-corrected chi connectivity index (χ3v) is 8.17. The van der Waals surface area contributed by atoms with E-state index in [1.54, 1.807) is 6.33 Å². The lowest BCUT2D eigenvalue weighted by molar-refractivity contribution is 0.0899. The van der Waals surface area contributed by atoms with Crippen LogP contribution < -0.4 is 0 Å². The number of hydrogen-bond acceptors (Lipinski definition) is 5. The van der Waals surface area contributed by atoms with Gasteiger partial charge in [-0.25, -0.2) is 9.97 Å². The average molecular weight is 441 g/mol. The van der Waals surface area contributed by atoms with E-state index < -0.39 is 8.07 Å². The maximum Gasteiger partial charge on any atom is 0.145 e. The van der Waals surface area contributed by atoms with Crippen LogP contribution in [0.3, 0.4) is 0 Å². The lowest BCUT2D eigenvalue weighted by Gasteiger charge is -2.26. The highest BCUT2D eigenvalue weighted by Crippen LogP contribution is 2.27. The molecule has 5 nitrogen and oxygen atoms in total. The smallest absolute Gasteiger partial charge is 0.145 e. The van der Waals surface area contributed by atoms with Gasteiger partial charge in [-0.3, -0.25) is 4.90 Å². The van der Waals surface area contributed by atoms with Gasteiger partial charge in [0, 0.05) is 63.0 Å². The van der Waals surface area contributed by atoms with Gasteiger partial charge in [0.1, 0.15) is 18.7 Å². The Bertz CT molecular complexity index is 961. The standard InChI is InChI=1S/C23H32N4OSSi/c1-30(2,3)15-12-28-18-27-9-8-21-22(24-17-25-23(21)27)20-6-4-19(5-7-20)16-26-10-13-29-14-11-26/h4-9,17H,10-16,18H2,1-3H3. The number of thioether (sulfide) groups is 1. The number of rotatable bonds is 8. The highest BCUT2D eigenvalue weighted by atomic mass is 32.2. The first-order valence-corrected chi connectivity index (χ1v) is 15.6. The van der Waals surface area contributed by atoms with Crippen LogP contribution in [0.2, 0.25) is 25.7 Å². The van der Waals surface area contributed by atoms with Crippen molar-refractivity contribution in [2.75, 3.05) is 31.2 Å². The van der Waals surface area contributed by atoms with Gasteiger partial charge in [0.25, 0.3) is 0 Å². The minimum Gasteiger partial charge on any atom is -0.361 e. The van der Waals surface area contributed by atoms with Crippen molar-refractivity contribution in [1.82, 2.24) is 19.4 Å². The Morgan fingerprint density at radius 3 is 2.53 bits per heavy atom. The van der Waals surface area contributed by atoms with E-state index in [0.29, 0.717) is 6.73 Å². The Morgan fingerprint density at radius 1 is 1.03 bits per heavy atom. The zero-order chi connectivity index (χ0) is 21.0. The van der Waals surface area contributed by atoms with E-state index in [9.17, 15) is 0 Å². The largest absolute Gasteiger partial charge is 0.361 e. The first-order chi connectivity index (χ1) is 14.5. The summed E-state index contributed by atoms with van der Waals surface area (Å²) in [6, 6.07) is 12.1. The molecular formula is C23H32N4OSSi. The number of benzene rings is 1. The molecule has 0 spiro atoms. The fraction of sp³-hybridized carbons (Fsp3) is 0.478. The van der Waals surface area contributed by atoms with Crippen LogP contribution in [0.4, 0.5) is 0 Å². The van der Waals surface area contributed by atoms with Gasteiger partial charge >= 0.3 is 0 Å². The van der Waals surface area contributed by atoms with Crippen molar-refractivity contribution in [3.63, 3.8) is 0 Å². The van der Waals surface area contributed by atoms with Gasteiger partial charge in [0.2, 0.25) is 0 Å². The van der Waals surface area contributed by atoms with Crippen LogP contribution in [0, 0.1) is 0 Å². The minimum absolute atomic E-state index is 0.539. The molecule has 0 unspecified atom stereocenters. The molecule has 0 aliphatic carbocycles. The second kappa shape index (κ2) is 9.64. The lowest BCUT2D eigenvalue weighted by Crippen LogP contribution is -2.31. The molecule has 1 fully saturated rings. The molecule has 30 heavy (non-hydrogen) atoms. The molecule has 1 aliphatic heterocycles. The van der Waals surface area contributed by atoms with Crippen molar-refractivity contribution in [1.29, 1.82) is 0 Å². The molecule has 3 aromatic rings. The highest BCUT2D eigenvalue weighted by Gasteiger charge is 2.14. The summed E-state index contributed by atoms with van der Waals surface area (Å²) in [4.78, 5) is 11.7. The monoisotopic (exact) mass is 440 g/mol. The van der Waals surface area contributed by atoms with Crippen LogP contribution >= 0.6 is 11.8 Å². The summed E-state index contributed by atoms with van der Waals surface area (Å²) < 4.78 is 8.00. The minimum atomic E-state index is -1.07. The second-order valence-corrected chi connectivity index (χ2v) is 16.0. The first kappa shape index (κ1) is 21.6. The van der Waals surface area contributed by atoms with Crippen LogP contribution in [0.15, 0.2) is 42.9 Å². The molecule has 1 saturated heterocycles. The van der Waals surface area contributed by atoms with Crippen molar-refractivity contribution in [3.8, 4) is 11.3 Å². The van der Waals surface area contributed by atoms with Crippen molar-refractivity contribution in [2.24, 2.45) is 0 Å². The SMILES string of the molecule is C[Si](C)(C)CCOCn1ccc2c(-c3ccc(CN4CCSCC4)cc3)ncnc21. The van der Waals surface area contributed by atoms with Crippen LogP contribution in [0.5, 0.6) is 0 Å². The summed E-state index contributed by atoms with van der Waals surface area (Å²) in [5, 5.41) is 1.08. The zero-order valence-electron chi connectivity index (χ0n) is 18.3. The molecule has 0 saturated carbocycles. The van der Waals surface area contributed by atoms with Crippen LogP contribution in [-0.2, 0) is 18.0 Å². The molecule has 0 atom stereocenters. The summed E-state index contributed by atoms with van der Waals surface area (Å²) in [7, 11) is -1.07. The van der Waals surface area contributed by atoms with Gasteiger partial charge in [-0.1, -0.05) is 43.9 Å². The van der Waals surface area contributed by atoms with Crippen molar-refractivity contribution < 1.29 is 4.74 Å². The van der Waals surface area contributed by atoms with Crippen LogP contribution in [0.1, 0.15) is 5.56 Å². The highest BCUT2D eigenvalue weighted by molar-refractivity contribution is 7.99. The van der Waals surface area contributed by atoms with Crippen LogP contribution in [-0.4, -0.2) is 58.7 Å². The molecule has 7 heteroatoms. The Morgan fingerprint density at radius 2 is 1.80 bits per heavy atom. The van der Waals surface area contributed by atoms with E-state index in [-0.39, 0.29) is 0 Å². The maximum absolute atomic E-state index is 5.93. The van der Waals surface area contributed by atoms with Crippen molar-refractivity contribution >= 4 is 30.9 Å². The second-order valence-electron chi connectivity index (χ2n) is 9.18. The number of nitrogens with zero attached hydrogens (tertiary/aromatic N) is 4. The normalized spacial score (nSPS) is 15.7.